The normalized spacial score (nSPS) is 12.0. The van der Waals surface area contributed by atoms with Gasteiger partial charge in [0.15, 0.2) is 0 Å². The van der Waals surface area contributed by atoms with Gasteiger partial charge in [-0.25, -0.2) is 0 Å². The molecule has 0 aliphatic carbocycles. The maximum Gasteiger partial charge on any atom is 0.0598 e. The Morgan fingerprint density at radius 1 is 1.00 bits per heavy atom. The second kappa shape index (κ2) is 9.49. The van der Waals surface area contributed by atoms with Gasteiger partial charge < -0.3 is 10.5 Å². The van der Waals surface area contributed by atoms with Gasteiger partial charge in [0.2, 0.25) is 0 Å². The van der Waals surface area contributed by atoms with E-state index in [1.54, 1.807) is 0 Å². The number of hydrogen-bond donors (Lipinski definition) is 1. The van der Waals surface area contributed by atoms with E-state index in [0.29, 0.717) is 0 Å². The lowest BCUT2D eigenvalue weighted by molar-refractivity contribution is -0.00470. The minimum atomic E-state index is 0.0248. The zero-order valence-electron chi connectivity index (χ0n) is 10.6. The van der Waals surface area contributed by atoms with Crippen LogP contribution in [0.4, 0.5) is 0 Å². The predicted molar refractivity (Wildman–Crippen MR) is 70.6 cm³/mol. The first-order chi connectivity index (χ1) is 7.06. The first-order valence-electron chi connectivity index (χ1n) is 5.98. The summed E-state index contributed by atoms with van der Waals surface area (Å²) in [5.74, 6) is 2.37. The second-order valence-corrected chi connectivity index (χ2v) is 6.00. The maximum atomic E-state index is 5.65. The molecule has 2 nitrogen and oxygen atoms in total. The van der Waals surface area contributed by atoms with E-state index >= 15 is 0 Å². The average Bonchev–Trinajstić information content (AvgIpc) is 2.14. The summed E-state index contributed by atoms with van der Waals surface area (Å²) in [4.78, 5) is 0. The number of nitrogens with two attached hydrogens (primary N) is 1. The van der Waals surface area contributed by atoms with Crippen LogP contribution in [0.1, 0.15) is 46.5 Å². The zero-order valence-corrected chi connectivity index (χ0v) is 11.4. The SMILES string of the molecule is CC(C)(C)OCCCCCCSCCN. The molecule has 0 aromatic carbocycles. The summed E-state index contributed by atoms with van der Waals surface area (Å²) >= 11 is 1.97. The summed E-state index contributed by atoms with van der Waals surface area (Å²) in [6.45, 7) is 8.03. The van der Waals surface area contributed by atoms with Gasteiger partial charge >= 0.3 is 0 Å². The van der Waals surface area contributed by atoms with Gasteiger partial charge in [0.25, 0.3) is 0 Å². The lowest BCUT2D eigenvalue weighted by Gasteiger charge is -2.19. The molecule has 0 saturated heterocycles. The highest BCUT2D eigenvalue weighted by atomic mass is 32.2. The van der Waals surface area contributed by atoms with Gasteiger partial charge in [-0.2, -0.15) is 11.8 Å². The molecule has 0 bridgehead atoms. The quantitative estimate of drug-likeness (QED) is 0.622. The van der Waals surface area contributed by atoms with Gasteiger partial charge in [-0.05, 0) is 39.4 Å². The van der Waals surface area contributed by atoms with Crippen LogP contribution in [0.15, 0.2) is 0 Å². The molecule has 0 aliphatic rings. The van der Waals surface area contributed by atoms with Gasteiger partial charge in [-0.3, -0.25) is 0 Å². The van der Waals surface area contributed by atoms with Crippen molar-refractivity contribution in [3.8, 4) is 0 Å². The van der Waals surface area contributed by atoms with Crippen LogP contribution in [0.25, 0.3) is 0 Å². The number of rotatable bonds is 9. The highest BCUT2D eigenvalue weighted by molar-refractivity contribution is 7.99. The third-order valence-electron chi connectivity index (χ3n) is 1.98. The molecule has 0 aromatic rings. The number of thioether (sulfide) groups is 1. The van der Waals surface area contributed by atoms with E-state index in [2.05, 4.69) is 20.8 Å². The summed E-state index contributed by atoms with van der Waals surface area (Å²) in [5, 5.41) is 0. The van der Waals surface area contributed by atoms with Crippen molar-refractivity contribution in [3.63, 3.8) is 0 Å². The van der Waals surface area contributed by atoms with Crippen LogP contribution >= 0.6 is 11.8 Å². The monoisotopic (exact) mass is 233 g/mol. The Morgan fingerprint density at radius 2 is 1.67 bits per heavy atom. The van der Waals surface area contributed by atoms with E-state index in [1.165, 1.54) is 31.4 Å². The third kappa shape index (κ3) is 14.3. The van der Waals surface area contributed by atoms with Gasteiger partial charge in [0.1, 0.15) is 0 Å². The van der Waals surface area contributed by atoms with Gasteiger partial charge in [-0.15, -0.1) is 0 Å². The molecule has 15 heavy (non-hydrogen) atoms. The van der Waals surface area contributed by atoms with Gasteiger partial charge in [0, 0.05) is 18.9 Å². The molecule has 92 valence electrons. The molecule has 0 saturated carbocycles. The summed E-state index contributed by atoms with van der Waals surface area (Å²) in [6, 6.07) is 0. The second-order valence-electron chi connectivity index (χ2n) is 4.78. The molecule has 0 unspecified atom stereocenters. The van der Waals surface area contributed by atoms with Crippen molar-refractivity contribution >= 4 is 11.8 Å². The van der Waals surface area contributed by atoms with Gasteiger partial charge in [-0.1, -0.05) is 12.8 Å². The fraction of sp³-hybridized carbons (Fsp3) is 1.00. The standard InChI is InChI=1S/C12H27NOS/c1-12(2,3)14-9-6-4-5-7-10-15-11-8-13/h4-11,13H2,1-3H3. The van der Waals surface area contributed by atoms with Gasteiger partial charge in [0.05, 0.1) is 5.60 Å². The Bertz CT molecular complexity index is 134. The number of unbranched alkanes of at least 4 members (excludes halogenated alkanes) is 3. The Labute approximate surface area is 99.3 Å². The topological polar surface area (TPSA) is 35.2 Å². The fourth-order valence-corrected chi connectivity index (χ4v) is 2.00. The summed E-state index contributed by atoms with van der Waals surface area (Å²) in [5.41, 5.74) is 5.44. The summed E-state index contributed by atoms with van der Waals surface area (Å²) in [6.07, 6.45) is 5.13. The molecule has 0 fully saturated rings. The highest BCUT2D eigenvalue weighted by Gasteiger charge is 2.08. The Hall–Kier alpha value is 0.270. The minimum absolute atomic E-state index is 0.0248. The molecular weight excluding hydrogens is 206 g/mol. The van der Waals surface area contributed by atoms with Crippen molar-refractivity contribution < 1.29 is 4.74 Å². The first kappa shape index (κ1) is 15.3. The maximum absolute atomic E-state index is 5.65. The Balaban J connectivity index is 2.99. The fourth-order valence-electron chi connectivity index (χ4n) is 1.22. The molecule has 0 spiro atoms. The lowest BCUT2D eigenvalue weighted by Crippen LogP contribution is -2.19. The van der Waals surface area contributed by atoms with Crippen LogP contribution < -0.4 is 5.73 Å². The van der Waals surface area contributed by atoms with E-state index in [4.69, 9.17) is 10.5 Å². The van der Waals surface area contributed by atoms with Crippen molar-refractivity contribution in [2.75, 3.05) is 24.7 Å². The highest BCUT2D eigenvalue weighted by Crippen LogP contribution is 2.10. The molecular formula is C12H27NOS. The Kier molecular flexibility index (Phi) is 9.66. The third-order valence-corrected chi connectivity index (χ3v) is 3.08. The minimum Gasteiger partial charge on any atom is -0.376 e. The first-order valence-corrected chi connectivity index (χ1v) is 7.13. The molecule has 0 aliphatic heterocycles. The Morgan fingerprint density at radius 3 is 2.27 bits per heavy atom. The predicted octanol–water partition coefficient (Wildman–Crippen LogP) is 3.05. The van der Waals surface area contributed by atoms with E-state index in [9.17, 15) is 0 Å². The van der Waals surface area contributed by atoms with Crippen molar-refractivity contribution in [1.29, 1.82) is 0 Å². The molecule has 3 heteroatoms. The van der Waals surface area contributed by atoms with E-state index in [1.807, 2.05) is 11.8 Å². The molecule has 0 amide bonds. The largest absolute Gasteiger partial charge is 0.376 e. The smallest absolute Gasteiger partial charge is 0.0598 e. The summed E-state index contributed by atoms with van der Waals surface area (Å²) in [7, 11) is 0. The van der Waals surface area contributed by atoms with E-state index in [-0.39, 0.29) is 5.60 Å². The van der Waals surface area contributed by atoms with Crippen molar-refractivity contribution in [1.82, 2.24) is 0 Å². The molecule has 0 radical (unpaired) electrons. The summed E-state index contributed by atoms with van der Waals surface area (Å²) < 4.78 is 5.65. The van der Waals surface area contributed by atoms with Crippen LogP contribution in [-0.4, -0.2) is 30.3 Å². The molecule has 2 N–H and O–H groups in total. The number of hydrogen-bond acceptors (Lipinski definition) is 3. The van der Waals surface area contributed by atoms with E-state index in [0.717, 1.165) is 18.9 Å². The van der Waals surface area contributed by atoms with Crippen LogP contribution in [0.3, 0.4) is 0 Å². The van der Waals surface area contributed by atoms with Crippen molar-refractivity contribution in [3.05, 3.63) is 0 Å². The van der Waals surface area contributed by atoms with Crippen LogP contribution in [0.2, 0.25) is 0 Å². The van der Waals surface area contributed by atoms with Crippen molar-refractivity contribution in [2.24, 2.45) is 5.73 Å². The lowest BCUT2D eigenvalue weighted by atomic mass is 10.2. The van der Waals surface area contributed by atoms with E-state index < -0.39 is 0 Å². The zero-order chi connectivity index (χ0) is 11.6. The average molecular weight is 233 g/mol. The van der Waals surface area contributed by atoms with Crippen LogP contribution in [-0.2, 0) is 4.74 Å². The van der Waals surface area contributed by atoms with Crippen LogP contribution in [0.5, 0.6) is 0 Å². The molecule has 0 rings (SSSR count). The molecule has 0 atom stereocenters. The van der Waals surface area contributed by atoms with Crippen molar-refractivity contribution in [2.45, 2.75) is 52.1 Å². The number of ether oxygens (including phenoxy) is 1. The molecule has 0 aromatic heterocycles. The van der Waals surface area contributed by atoms with Crippen LogP contribution in [0, 0.1) is 0 Å². The molecule has 0 heterocycles.